The summed E-state index contributed by atoms with van der Waals surface area (Å²) in [4.78, 5) is 13.6. The van der Waals surface area contributed by atoms with Gasteiger partial charge in [0.15, 0.2) is 0 Å². The van der Waals surface area contributed by atoms with Crippen LogP contribution in [0, 0.1) is 0 Å². The molecule has 1 aromatic rings. The van der Waals surface area contributed by atoms with Crippen molar-refractivity contribution in [1.29, 1.82) is 0 Å². The number of amides is 1. The van der Waals surface area contributed by atoms with Crippen LogP contribution in [0.3, 0.4) is 0 Å². The largest absolute Gasteiger partial charge is 0.368 e. The van der Waals surface area contributed by atoms with E-state index in [1.807, 2.05) is 12.1 Å². The molecule has 5 heteroatoms. The van der Waals surface area contributed by atoms with Crippen LogP contribution in [-0.4, -0.2) is 31.1 Å². The molecule has 1 aliphatic heterocycles. The molecule has 0 saturated carbocycles. The number of carbonyl (C=O) groups excluding carboxylic acids is 1. The Kier molecular flexibility index (Phi) is 5.48. The van der Waals surface area contributed by atoms with Crippen LogP contribution in [0.1, 0.15) is 43.5 Å². The number of rotatable bonds is 5. The normalized spacial score (nSPS) is 18.8. The van der Waals surface area contributed by atoms with E-state index >= 15 is 0 Å². The Morgan fingerprint density at radius 3 is 2.76 bits per heavy atom. The number of benzene rings is 1. The van der Waals surface area contributed by atoms with E-state index in [0.29, 0.717) is 22.7 Å². The van der Waals surface area contributed by atoms with Gasteiger partial charge in [0, 0.05) is 24.3 Å². The van der Waals surface area contributed by atoms with Gasteiger partial charge in [-0.15, -0.1) is 0 Å². The van der Waals surface area contributed by atoms with Gasteiger partial charge in [0.25, 0.3) is 0 Å². The number of primary amides is 1. The quantitative estimate of drug-likeness (QED) is 0.879. The van der Waals surface area contributed by atoms with Gasteiger partial charge >= 0.3 is 0 Å². The Balaban J connectivity index is 2.17. The predicted octanol–water partition coefficient (Wildman–Crippen LogP) is 2.80. The molecule has 1 amide bonds. The average Bonchev–Trinajstić information content (AvgIpc) is 2.45. The predicted molar refractivity (Wildman–Crippen MR) is 88.1 cm³/mol. The fourth-order valence-electron chi connectivity index (χ4n) is 2.81. The first-order chi connectivity index (χ1) is 9.99. The van der Waals surface area contributed by atoms with Crippen molar-refractivity contribution >= 4 is 23.2 Å². The number of nitrogens with zero attached hydrogens (tertiary/aromatic N) is 1. The standard InChI is InChI=1S/C16H24ClN3O/c1-11(2)20(10-12-5-3-4-8-19-12)13-6-7-14(16(18)21)15(17)9-13/h6-7,9,11-12,19H,3-5,8,10H2,1-2H3,(H2,18,21). The van der Waals surface area contributed by atoms with Crippen LogP contribution in [0.4, 0.5) is 5.69 Å². The highest BCUT2D eigenvalue weighted by molar-refractivity contribution is 6.34. The molecule has 1 aromatic carbocycles. The van der Waals surface area contributed by atoms with Gasteiger partial charge in [0.1, 0.15) is 0 Å². The van der Waals surface area contributed by atoms with Crippen molar-refractivity contribution in [2.45, 2.75) is 45.2 Å². The minimum Gasteiger partial charge on any atom is -0.368 e. The van der Waals surface area contributed by atoms with Crippen LogP contribution in [-0.2, 0) is 0 Å². The number of piperidine rings is 1. The third-order valence-electron chi connectivity index (χ3n) is 4.00. The van der Waals surface area contributed by atoms with Crippen LogP contribution in [0.15, 0.2) is 18.2 Å². The van der Waals surface area contributed by atoms with Crippen molar-refractivity contribution in [1.82, 2.24) is 5.32 Å². The zero-order chi connectivity index (χ0) is 15.4. The van der Waals surface area contributed by atoms with E-state index in [0.717, 1.165) is 18.8 Å². The molecule has 1 saturated heterocycles. The van der Waals surface area contributed by atoms with Gasteiger partial charge in [-0.3, -0.25) is 4.79 Å². The van der Waals surface area contributed by atoms with Gasteiger partial charge in [0.05, 0.1) is 10.6 Å². The van der Waals surface area contributed by atoms with Gasteiger partial charge in [-0.2, -0.15) is 0 Å². The van der Waals surface area contributed by atoms with E-state index in [1.165, 1.54) is 19.3 Å². The van der Waals surface area contributed by atoms with Crippen LogP contribution in [0.25, 0.3) is 0 Å². The van der Waals surface area contributed by atoms with Crippen LogP contribution in [0.5, 0.6) is 0 Å². The number of halogens is 1. The van der Waals surface area contributed by atoms with Gasteiger partial charge in [0.2, 0.25) is 5.91 Å². The first kappa shape index (κ1) is 16.1. The lowest BCUT2D eigenvalue weighted by atomic mass is 10.0. The maximum Gasteiger partial charge on any atom is 0.250 e. The Labute approximate surface area is 131 Å². The number of hydrogen-bond acceptors (Lipinski definition) is 3. The fourth-order valence-corrected chi connectivity index (χ4v) is 3.08. The fraction of sp³-hybridized carbons (Fsp3) is 0.562. The SMILES string of the molecule is CC(C)N(CC1CCCCN1)c1ccc(C(N)=O)c(Cl)c1. The molecule has 1 aliphatic rings. The van der Waals surface area contributed by atoms with Crippen LogP contribution in [0.2, 0.25) is 5.02 Å². The summed E-state index contributed by atoms with van der Waals surface area (Å²) < 4.78 is 0. The molecule has 3 N–H and O–H groups in total. The summed E-state index contributed by atoms with van der Waals surface area (Å²) in [6.45, 7) is 6.37. The molecule has 0 aromatic heterocycles. The summed E-state index contributed by atoms with van der Waals surface area (Å²) in [5.74, 6) is -0.489. The van der Waals surface area contributed by atoms with Crippen molar-refractivity contribution in [3.63, 3.8) is 0 Å². The second kappa shape index (κ2) is 7.14. The summed E-state index contributed by atoms with van der Waals surface area (Å²) in [7, 11) is 0. The maximum absolute atomic E-state index is 11.3. The summed E-state index contributed by atoms with van der Waals surface area (Å²) in [6.07, 6.45) is 3.75. The summed E-state index contributed by atoms with van der Waals surface area (Å²) in [5.41, 5.74) is 6.71. The van der Waals surface area contributed by atoms with Gasteiger partial charge in [-0.05, 0) is 51.4 Å². The van der Waals surface area contributed by atoms with Crippen molar-refractivity contribution < 1.29 is 4.79 Å². The van der Waals surface area contributed by atoms with Gasteiger partial charge in [-0.1, -0.05) is 18.0 Å². The van der Waals surface area contributed by atoms with Gasteiger partial charge < -0.3 is 16.0 Å². The molecule has 116 valence electrons. The molecule has 1 fully saturated rings. The number of nitrogens with one attached hydrogen (secondary N) is 1. The number of nitrogens with two attached hydrogens (primary N) is 1. The van der Waals surface area contributed by atoms with E-state index in [-0.39, 0.29) is 0 Å². The first-order valence-corrected chi connectivity index (χ1v) is 7.96. The monoisotopic (exact) mass is 309 g/mol. The molecule has 1 atom stereocenters. The molecule has 0 aliphatic carbocycles. The van der Waals surface area contributed by atoms with E-state index in [2.05, 4.69) is 24.1 Å². The Morgan fingerprint density at radius 1 is 1.48 bits per heavy atom. The van der Waals surface area contributed by atoms with E-state index in [9.17, 15) is 4.79 Å². The smallest absolute Gasteiger partial charge is 0.250 e. The molecule has 1 unspecified atom stereocenters. The first-order valence-electron chi connectivity index (χ1n) is 7.58. The summed E-state index contributed by atoms with van der Waals surface area (Å²) in [5, 5.41) is 3.99. The number of anilines is 1. The Bertz CT molecular complexity index is 498. The molecule has 21 heavy (non-hydrogen) atoms. The number of hydrogen-bond donors (Lipinski definition) is 2. The lowest BCUT2D eigenvalue weighted by Gasteiger charge is -2.35. The molecule has 0 bridgehead atoms. The molecular formula is C16H24ClN3O. The minimum atomic E-state index is -0.489. The Hall–Kier alpha value is -1.26. The highest BCUT2D eigenvalue weighted by Gasteiger charge is 2.20. The van der Waals surface area contributed by atoms with Crippen molar-refractivity contribution in [3.8, 4) is 0 Å². The molecule has 2 rings (SSSR count). The lowest BCUT2D eigenvalue weighted by molar-refractivity contribution is 0.100. The maximum atomic E-state index is 11.3. The highest BCUT2D eigenvalue weighted by atomic mass is 35.5. The van der Waals surface area contributed by atoms with E-state index < -0.39 is 5.91 Å². The molecule has 0 radical (unpaired) electrons. The molecule has 0 spiro atoms. The van der Waals surface area contributed by atoms with Gasteiger partial charge in [-0.25, -0.2) is 0 Å². The Morgan fingerprint density at radius 2 is 2.24 bits per heavy atom. The second-order valence-electron chi connectivity index (χ2n) is 5.92. The minimum absolute atomic E-state index is 0.365. The highest BCUT2D eigenvalue weighted by Crippen LogP contribution is 2.26. The summed E-state index contributed by atoms with van der Waals surface area (Å²) >= 11 is 6.17. The second-order valence-corrected chi connectivity index (χ2v) is 6.33. The zero-order valence-electron chi connectivity index (χ0n) is 12.7. The van der Waals surface area contributed by atoms with Crippen LogP contribution >= 0.6 is 11.6 Å². The van der Waals surface area contributed by atoms with E-state index in [4.69, 9.17) is 17.3 Å². The van der Waals surface area contributed by atoms with Crippen molar-refractivity contribution in [2.24, 2.45) is 5.73 Å². The molecule has 1 heterocycles. The zero-order valence-corrected chi connectivity index (χ0v) is 13.5. The van der Waals surface area contributed by atoms with Crippen LogP contribution < -0.4 is 16.0 Å². The topological polar surface area (TPSA) is 58.4 Å². The average molecular weight is 310 g/mol. The summed E-state index contributed by atoms with van der Waals surface area (Å²) in [6, 6.07) is 6.35. The third kappa shape index (κ3) is 4.11. The van der Waals surface area contributed by atoms with Crippen molar-refractivity contribution in [3.05, 3.63) is 28.8 Å². The lowest BCUT2D eigenvalue weighted by Crippen LogP contribution is -2.46. The molecular weight excluding hydrogens is 286 g/mol. The van der Waals surface area contributed by atoms with E-state index in [1.54, 1.807) is 6.07 Å². The molecule has 4 nitrogen and oxygen atoms in total. The van der Waals surface area contributed by atoms with Crippen molar-refractivity contribution in [2.75, 3.05) is 18.0 Å². The number of carbonyl (C=O) groups is 1. The third-order valence-corrected chi connectivity index (χ3v) is 4.32.